The number of nitrogens with zero attached hydrogens (tertiary/aromatic N) is 2. The first-order valence-corrected chi connectivity index (χ1v) is 25.9. The van der Waals surface area contributed by atoms with Gasteiger partial charge in [0, 0.05) is 25.4 Å². The van der Waals surface area contributed by atoms with E-state index in [9.17, 15) is 14.7 Å². The summed E-state index contributed by atoms with van der Waals surface area (Å²) in [4.78, 5) is 49.6. The van der Waals surface area contributed by atoms with Crippen molar-refractivity contribution in [2.45, 2.75) is 185 Å². The maximum atomic E-state index is 15.0. The Kier molecular flexibility index (Phi) is 19.9. The predicted molar refractivity (Wildman–Crippen MR) is 272 cm³/mol. The number of carbonyl (C=O) groups excluding carboxylic acids is 3. The van der Waals surface area contributed by atoms with Gasteiger partial charge in [-0.1, -0.05) is 69.3 Å². The van der Waals surface area contributed by atoms with Gasteiger partial charge in [-0.25, -0.2) is 14.6 Å². The molecular weight excluding hydrogens is 941 g/mol. The van der Waals surface area contributed by atoms with Gasteiger partial charge in [0.25, 0.3) is 0 Å². The fourth-order valence-electron chi connectivity index (χ4n) is 11.2. The lowest BCUT2D eigenvalue weighted by Crippen LogP contribution is -2.62. The molecule has 0 spiro atoms. The van der Waals surface area contributed by atoms with Gasteiger partial charge >= 0.3 is 17.9 Å². The molecule has 406 valence electrons. The quantitative estimate of drug-likeness (QED) is 0.133. The highest BCUT2D eigenvalue weighted by molar-refractivity contribution is 5.90. The second-order valence-electron chi connectivity index (χ2n) is 21.2. The molecule has 2 bridgehead atoms. The van der Waals surface area contributed by atoms with Crippen LogP contribution in [-0.4, -0.2) is 166 Å². The third-order valence-electron chi connectivity index (χ3n) is 15.2. The van der Waals surface area contributed by atoms with Crippen molar-refractivity contribution in [1.82, 2.24) is 4.90 Å². The Morgan fingerprint density at radius 1 is 0.808 bits per heavy atom. The Hall–Kier alpha value is -4.30. The third-order valence-corrected chi connectivity index (χ3v) is 15.2. The molecule has 0 aliphatic carbocycles. The van der Waals surface area contributed by atoms with Gasteiger partial charge in [-0.15, -0.1) is 0 Å². The lowest BCUT2D eigenvalue weighted by atomic mass is 9.77. The Morgan fingerprint density at radius 3 is 2.01 bits per heavy atom. The summed E-state index contributed by atoms with van der Waals surface area (Å²) < 4.78 is 72.6. The number of fused-ring (bicyclic) bond motifs is 5. The van der Waals surface area contributed by atoms with Crippen LogP contribution < -0.4 is 0 Å². The molecule has 2 aromatic carbocycles. The van der Waals surface area contributed by atoms with Gasteiger partial charge in [0.2, 0.25) is 0 Å². The molecule has 17 nitrogen and oxygen atoms in total. The SMILES string of the molecule is CC[C@H]1OC(=O)C(C)C(O[C@H]2C[C@@](C)(OC)[C@@H](OC(=O)c3ccccc3)[C@H](C)O2)[C@H](C)[C@@H](O[C@@H]2O[C@H](C)C[C@H](N(C)C)[C@H]2OC(=O)c2ccccc2)[C@@]2(C)C[C@@H](C)C(OC)=N[C@H](C)[C@H](OC/C=C\CO2)[C@]1(C)O. The summed E-state index contributed by atoms with van der Waals surface area (Å²) >= 11 is 0. The van der Waals surface area contributed by atoms with E-state index in [1.54, 1.807) is 83.5 Å². The first kappa shape index (κ1) is 58.0. The minimum absolute atomic E-state index is 0.0782. The van der Waals surface area contributed by atoms with E-state index in [2.05, 4.69) is 0 Å². The van der Waals surface area contributed by atoms with Crippen LogP contribution in [0.15, 0.2) is 77.8 Å². The average molecular weight is 1020 g/mol. The van der Waals surface area contributed by atoms with E-state index in [-0.39, 0.29) is 44.6 Å². The molecule has 0 amide bonds. The number of likely N-dealkylation sites (N-methyl/N-ethyl adjacent to an activating group) is 1. The molecule has 2 saturated heterocycles. The van der Waals surface area contributed by atoms with E-state index in [0.29, 0.717) is 23.4 Å². The molecule has 2 fully saturated rings. The Bertz CT molecular complexity index is 2180. The minimum Gasteiger partial charge on any atom is -0.484 e. The summed E-state index contributed by atoms with van der Waals surface area (Å²) in [5.74, 6) is -3.64. The molecule has 0 saturated carbocycles. The van der Waals surface area contributed by atoms with Crippen molar-refractivity contribution in [3.05, 3.63) is 83.9 Å². The number of methoxy groups -OCH3 is 2. The number of hydrogen-bond acceptors (Lipinski definition) is 17. The summed E-state index contributed by atoms with van der Waals surface area (Å²) in [5.41, 5.74) is -3.40. The maximum absolute atomic E-state index is 15.0. The Morgan fingerprint density at radius 2 is 1.42 bits per heavy atom. The highest BCUT2D eigenvalue weighted by atomic mass is 16.7. The van der Waals surface area contributed by atoms with Gasteiger partial charge in [0.1, 0.15) is 23.4 Å². The van der Waals surface area contributed by atoms with Crippen LogP contribution in [0.5, 0.6) is 0 Å². The van der Waals surface area contributed by atoms with Gasteiger partial charge in [0.15, 0.2) is 30.7 Å². The van der Waals surface area contributed by atoms with E-state index in [4.69, 9.17) is 57.1 Å². The Balaban J connectivity index is 1.51. The number of hydrogen-bond donors (Lipinski definition) is 1. The van der Waals surface area contributed by atoms with E-state index < -0.39 is 114 Å². The molecule has 4 aliphatic heterocycles. The van der Waals surface area contributed by atoms with E-state index in [0.717, 1.165) is 0 Å². The van der Waals surface area contributed by atoms with Crippen molar-refractivity contribution in [1.29, 1.82) is 0 Å². The van der Waals surface area contributed by atoms with Crippen molar-refractivity contribution in [3.8, 4) is 0 Å². The molecule has 17 heteroatoms. The predicted octanol–water partition coefficient (Wildman–Crippen LogP) is 7.36. The topological polar surface area (TPSA) is 189 Å². The van der Waals surface area contributed by atoms with Crippen LogP contribution in [0.3, 0.4) is 0 Å². The number of aliphatic hydroxyl groups is 1. The number of esters is 3. The van der Waals surface area contributed by atoms with Crippen molar-refractivity contribution in [2.75, 3.05) is 41.5 Å². The molecule has 6 rings (SSSR count). The van der Waals surface area contributed by atoms with Crippen LogP contribution in [0, 0.1) is 17.8 Å². The van der Waals surface area contributed by atoms with Crippen LogP contribution in [0.25, 0.3) is 0 Å². The molecular formula is C56H82N2O15. The zero-order valence-corrected chi connectivity index (χ0v) is 45.4. The first-order valence-electron chi connectivity index (χ1n) is 25.9. The van der Waals surface area contributed by atoms with Crippen molar-refractivity contribution in [2.24, 2.45) is 22.7 Å². The largest absolute Gasteiger partial charge is 0.484 e. The smallest absolute Gasteiger partial charge is 0.338 e. The minimum atomic E-state index is -1.75. The van der Waals surface area contributed by atoms with Crippen LogP contribution >= 0.6 is 0 Å². The van der Waals surface area contributed by atoms with Gasteiger partial charge < -0.3 is 62.1 Å². The molecule has 2 aromatic rings. The number of aliphatic imine (C=N–C) groups is 1. The van der Waals surface area contributed by atoms with E-state index in [1.165, 1.54) is 0 Å². The average Bonchev–Trinajstić information content (AvgIpc) is 3.37. The molecule has 0 radical (unpaired) electrons. The number of cyclic esters (lactones) is 1. The molecule has 4 aliphatic rings. The fourth-order valence-corrected chi connectivity index (χ4v) is 11.2. The maximum Gasteiger partial charge on any atom is 0.338 e. The molecule has 73 heavy (non-hydrogen) atoms. The van der Waals surface area contributed by atoms with E-state index in [1.807, 2.05) is 91.7 Å². The molecule has 18 atom stereocenters. The Labute approximate surface area is 432 Å². The monoisotopic (exact) mass is 1020 g/mol. The van der Waals surface area contributed by atoms with Crippen LogP contribution in [0.2, 0.25) is 0 Å². The standard InChI is InChI=1S/C56H82N2O15/c1-15-42-56(10,62)47-37(6)57-49(63-13)33(2)31-55(9,66-29-23-22-28-65-47)46(73-53-45(41(58(11)12)30-34(3)67-53)71-51(60)39-24-18-16-19-25-39)35(4)44(36(5)50(59)69-42)70-43-32-54(8,64-14)48(38(7)68-43)72-52(61)40-26-20-17-21-27-40/h16-27,33-38,41-48,53,62H,15,28-32H2,1-14H3/b23-22-,57-49?/t33-,34-,35+,36?,37-,38+,41+,42-,43+,44?,45-,46-,47+,48+,53+,54-,55-,56-/m1/s1. The van der Waals surface area contributed by atoms with Gasteiger partial charge in [-0.05, 0) is 106 Å². The summed E-state index contributed by atoms with van der Waals surface area (Å²) in [6.45, 7) is 18.6. The van der Waals surface area contributed by atoms with Gasteiger partial charge in [0.05, 0.1) is 79.5 Å². The second kappa shape index (κ2) is 25.0. The zero-order chi connectivity index (χ0) is 53.4. The lowest BCUT2D eigenvalue weighted by Gasteiger charge is -2.50. The number of benzene rings is 2. The summed E-state index contributed by atoms with van der Waals surface area (Å²) in [7, 11) is 6.95. The zero-order valence-electron chi connectivity index (χ0n) is 45.4. The summed E-state index contributed by atoms with van der Waals surface area (Å²) in [6.07, 6.45) is -4.44. The van der Waals surface area contributed by atoms with Gasteiger partial charge in [-0.3, -0.25) is 4.79 Å². The first-order chi connectivity index (χ1) is 34.6. The highest BCUT2D eigenvalue weighted by Crippen LogP contribution is 2.43. The summed E-state index contributed by atoms with van der Waals surface area (Å²) in [6, 6.07) is 16.4. The molecule has 0 aromatic heterocycles. The number of rotatable bonds is 11. The lowest BCUT2D eigenvalue weighted by molar-refractivity contribution is -0.319. The normalized spacial score (nSPS) is 39.5. The van der Waals surface area contributed by atoms with E-state index >= 15 is 4.79 Å². The van der Waals surface area contributed by atoms with Crippen molar-refractivity contribution >= 4 is 23.8 Å². The third kappa shape index (κ3) is 13.6. The molecule has 1 N–H and O–H groups in total. The van der Waals surface area contributed by atoms with Crippen LogP contribution in [0.1, 0.15) is 116 Å². The second-order valence-corrected chi connectivity index (χ2v) is 21.2. The van der Waals surface area contributed by atoms with Crippen LogP contribution in [0.4, 0.5) is 0 Å². The number of carbonyl (C=O) groups is 3. The molecule has 2 unspecified atom stereocenters. The van der Waals surface area contributed by atoms with Gasteiger partial charge in [-0.2, -0.15) is 0 Å². The number of ether oxygens (including phenoxy) is 11. The van der Waals surface area contributed by atoms with Crippen LogP contribution in [-0.2, 0) is 56.9 Å². The highest BCUT2D eigenvalue weighted by Gasteiger charge is 2.55. The summed E-state index contributed by atoms with van der Waals surface area (Å²) in [5, 5.41) is 12.5. The molecule has 4 heterocycles. The fraction of sp³-hybridized carbons (Fsp3) is 0.679. The van der Waals surface area contributed by atoms with Crippen molar-refractivity contribution < 1.29 is 71.6 Å². The van der Waals surface area contributed by atoms with Crippen molar-refractivity contribution in [3.63, 3.8) is 0 Å².